The lowest BCUT2D eigenvalue weighted by atomic mass is 9.98. The molecule has 0 unspecified atom stereocenters. The second-order valence-electron chi connectivity index (χ2n) is 6.58. The molecule has 1 aromatic heterocycles. The van der Waals surface area contributed by atoms with Crippen molar-refractivity contribution in [2.45, 2.75) is 26.0 Å². The Morgan fingerprint density at radius 1 is 1.27 bits per heavy atom. The van der Waals surface area contributed by atoms with Crippen molar-refractivity contribution in [2.24, 2.45) is 5.92 Å². The van der Waals surface area contributed by atoms with Gasteiger partial charge in [-0.3, -0.25) is 4.98 Å². The van der Waals surface area contributed by atoms with E-state index in [1.54, 1.807) is 19.5 Å². The third kappa shape index (κ3) is 5.34. The molecule has 2 heterocycles. The zero-order valence-corrected chi connectivity index (χ0v) is 15.9. The molecule has 1 aliphatic rings. The molecule has 0 bridgehead atoms. The highest BCUT2D eigenvalue weighted by atomic mass is 35.5. The fraction of sp³-hybridized carbons (Fsp3) is 0.450. The van der Waals surface area contributed by atoms with E-state index in [2.05, 4.69) is 15.6 Å². The van der Waals surface area contributed by atoms with Crippen LogP contribution in [0.25, 0.3) is 0 Å². The second kappa shape index (κ2) is 9.76. The molecule has 0 atom stereocenters. The third-order valence-corrected chi connectivity index (χ3v) is 4.90. The highest BCUT2D eigenvalue weighted by Crippen LogP contribution is 2.37. The molecule has 0 amide bonds. The largest absolute Gasteiger partial charge is 0.493 e. The van der Waals surface area contributed by atoms with Crippen LogP contribution < -0.4 is 20.1 Å². The number of hydrogen-bond donors (Lipinski definition) is 2. The molecule has 26 heavy (non-hydrogen) atoms. The van der Waals surface area contributed by atoms with E-state index in [0.29, 0.717) is 23.1 Å². The Labute approximate surface area is 160 Å². The standard InChI is InChI=1S/C20H26ClN3O2/c1-25-19-10-17(13-24-11-15-4-7-22-8-5-15)9-18(21)20(19)26-14-16-3-2-6-23-12-16/h2-3,6,9-10,12,15,22,24H,4-5,7-8,11,13-14H2,1H3. The molecule has 6 heteroatoms. The summed E-state index contributed by atoms with van der Waals surface area (Å²) >= 11 is 6.45. The van der Waals surface area contributed by atoms with E-state index in [1.165, 1.54) is 12.8 Å². The molecule has 5 nitrogen and oxygen atoms in total. The lowest BCUT2D eigenvalue weighted by molar-refractivity contribution is 0.284. The minimum absolute atomic E-state index is 0.400. The Kier molecular flexibility index (Phi) is 7.12. The highest BCUT2D eigenvalue weighted by molar-refractivity contribution is 6.32. The maximum absolute atomic E-state index is 6.45. The lowest BCUT2D eigenvalue weighted by Crippen LogP contribution is -2.33. The number of aromatic nitrogens is 1. The van der Waals surface area contributed by atoms with Crippen molar-refractivity contribution in [1.82, 2.24) is 15.6 Å². The molecule has 1 fully saturated rings. The number of nitrogens with zero attached hydrogens (tertiary/aromatic N) is 1. The van der Waals surface area contributed by atoms with E-state index in [9.17, 15) is 0 Å². The van der Waals surface area contributed by atoms with E-state index in [1.807, 2.05) is 24.3 Å². The predicted molar refractivity (Wildman–Crippen MR) is 104 cm³/mol. The smallest absolute Gasteiger partial charge is 0.180 e. The Hall–Kier alpha value is -1.82. The minimum atomic E-state index is 0.400. The zero-order chi connectivity index (χ0) is 18.2. The number of halogens is 1. The molecular formula is C20H26ClN3O2. The third-order valence-electron chi connectivity index (χ3n) is 4.62. The van der Waals surface area contributed by atoms with Crippen LogP contribution in [0.3, 0.4) is 0 Å². The van der Waals surface area contributed by atoms with Gasteiger partial charge in [0.05, 0.1) is 12.1 Å². The van der Waals surface area contributed by atoms with Crippen LogP contribution >= 0.6 is 11.6 Å². The highest BCUT2D eigenvalue weighted by Gasteiger charge is 2.14. The van der Waals surface area contributed by atoms with Gasteiger partial charge < -0.3 is 20.1 Å². The van der Waals surface area contributed by atoms with Crippen LogP contribution in [0.1, 0.15) is 24.0 Å². The number of pyridine rings is 1. The normalized spacial score (nSPS) is 15.0. The SMILES string of the molecule is COc1cc(CNCC2CCNCC2)cc(Cl)c1OCc1cccnc1. The topological polar surface area (TPSA) is 55.4 Å². The van der Waals surface area contributed by atoms with Gasteiger partial charge in [-0.25, -0.2) is 0 Å². The lowest BCUT2D eigenvalue weighted by Gasteiger charge is -2.23. The average molecular weight is 376 g/mol. The Bertz CT molecular complexity index is 691. The van der Waals surface area contributed by atoms with Crippen LogP contribution in [-0.4, -0.2) is 31.7 Å². The van der Waals surface area contributed by atoms with Crippen LogP contribution in [0, 0.1) is 5.92 Å². The second-order valence-corrected chi connectivity index (χ2v) is 6.99. The number of nitrogens with one attached hydrogen (secondary N) is 2. The van der Waals surface area contributed by atoms with Crippen molar-refractivity contribution in [3.63, 3.8) is 0 Å². The summed E-state index contributed by atoms with van der Waals surface area (Å²) in [6.45, 7) is 4.44. The number of hydrogen-bond acceptors (Lipinski definition) is 5. The average Bonchev–Trinajstić information content (AvgIpc) is 2.68. The van der Waals surface area contributed by atoms with Gasteiger partial charge in [0.25, 0.3) is 0 Å². The number of piperidine rings is 1. The molecule has 2 aromatic rings. The van der Waals surface area contributed by atoms with Crippen molar-refractivity contribution in [1.29, 1.82) is 0 Å². The number of methoxy groups -OCH3 is 1. The molecule has 0 aliphatic carbocycles. The van der Waals surface area contributed by atoms with Gasteiger partial charge in [0.15, 0.2) is 11.5 Å². The summed E-state index contributed by atoms with van der Waals surface area (Å²) in [6.07, 6.45) is 5.98. The molecule has 0 saturated carbocycles. The van der Waals surface area contributed by atoms with Gasteiger partial charge in [0, 0.05) is 24.5 Å². The molecular weight excluding hydrogens is 350 g/mol. The summed E-state index contributed by atoms with van der Waals surface area (Å²) in [5.74, 6) is 1.97. The zero-order valence-electron chi connectivity index (χ0n) is 15.1. The maximum atomic E-state index is 6.45. The van der Waals surface area contributed by atoms with Crippen molar-refractivity contribution in [3.8, 4) is 11.5 Å². The first-order chi connectivity index (χ1) is 12.8. The fourth-order valence-electron chi connectivity index (χ4n) is 3.16. The Morgan fingerprint density at radius 2 is 2.12 bits per heavy atom. The summed E-state index contributed by atoms with van der Waals surface area (Å²) in [6, 6.07) is 7.78. The molecule has 140 valence electrons. The van der Waals surface area contributed by atoms with Crippen molar-refractivity contribution < 1.29 is 9.47 Å². The van der Waals surface area contributed by atoms with E-state index in [-0.39, 0.29) is 0 Å². The quantitative estimate of drug-likeness (QED) is 0.740. The van der Waals surface area contributed by atoms with Crippen LogP contribution in [0.2, 0.25) is 5.02 Å². The van der Waals surface area contributed by atoms with Crippen molar-refractivity contribution >= 4 is 11.6 Å². The molecule has 1 saturated heterocycles. The van der Waals surface area contributed by atoms with Gasteiger partial charge in [-0.1, -0.05) is 17.7 Å². The summed E-state index contributed by atoms with van der Waals surface area (Å²) < 4.78 is 11.4. The first kappa shape index (κ1) is 19.0. The fourth-order valence-corrected chi connectivity index (χ4v) is 3.45. The molecule has 1 aliphatic heterocycles. The van der Waals surface area contributed by atoms with Gasteiger partial charge >= 0.3 is 0 Å². The molecule has 0 spiro atoms. The number of benzene rings is 1. The Morgan fingerprint density at radius 3 is 2.85 bits per heavy atom. The summed E-state index contributed by atoms with van der Waals surface area (Å²) in [4.78, 5) is 4.09. The molecule has 3 rings (SSSR count). The molecule has 0 radical (unpaired) electrons. The van der Waals surface area contributed by atoms with Crippen LogP contribution in [0.15, 0.2) is 36.7 Å². The Balaban J connectivity index is 1.59. The first-order valence-electron chi connectivity index (χ1n) is 9.06. The van der Waals surface area contributed by atoms with E-state index < -0.39 is 0 Å². The van der Waals surface area contributed by atoms with Gasteiger partial charge in [-0.05, 0) is 62.2 Å². The minimum Gasteiger partial charge on any atom is -0.493 e. The van der Waals surface area contributed by atoms with E-state index in [0.717, 1.165) is 43.2 Å². The van der Waals surface area contributed by atoms with E-state index >= 15 is 0 Å². The number of rotatable bonds is 8. The molecule has 1 aromatic carbocycles. The first-order valence-corrected chi connectivity index (χ1v) is 9.43. The van der Waals surface area contributed by atoms with Crippen molar-refractivity contribution in [3.05, 3.63) is 52.8 Å². The monoisotopic (exact) mass is 375 g/mol. The predicted octanol–water partition coefficient (Wildman–Crippen LogP) is 3.41. The van der Waals surface area contributed by atoms with Gasteiger partial charge in [0.2, 0.25) is 0 Å². The van der Waals surface area contributed by atoms with E-state index in [4.69, 9.17) is 21.1 Å². The van der Waals surface area contributed by atoms with Crippen LogP contribution in [-0.2, 0) is 13.2 Å². The summed E-state index contributed by atoms with van der Waals surface area (Å²) in [7, 11) is 1.63. The summed E-state index contributed by atoms with van der Waals surface area (Å²) in [5, 5.41) is 7.49. The number of ether oxygens (including phenoxy) is 2. The summed E-state index contributed by atoms with van der Waals surface area (Å²) in [5.41, 5.74) is 2.08. The van der Waals surface area contributed by atoms with Gasteiger partial charge in [0.1, 0.15) is 6.61 Å². The van der Waals surface area contributed by atoms with Gasteiger partial charge in [-0.2, -0.15) is 0 Å². The van der Waals surface area contributed by atoms with Crippen molar-refractivity contribution in [2.75, 3.05) is 26.7 Å². The van der Waals surface area contributed by atoms with Crippen LogP contribution in [0.5, 0.6) is 11.5 Å². The van der Waals surface area contributed by atoms with Gasteiger partial charge in [-0.15, -0.1) is 0 Å². The maximum Gasteiger partial charge on any atom is 0.180 e. The van der Waals surface area contributed by atoms with Crippen LogP contribution in [0.4, 0.5) is 0 Å². The molecule has 2 N–H and O–H groups in total.